The molecule has 1 unspecified atom stereocenters. The first-order valence-corrected chi connectivity index (χ1v) is 9.01. The van der Waals surface area contributed by atoms with Gasteiger partial charge >= 0.3 is 0 Å². The van der Waals surface area contributed by atoms with Crippen molar-refractivity contribution in [3.8, 4) is 0 Å². The first-order valence-electron chi connectivity index (χ1n) is 7.16. The van der Waals surface area contributed by atoms with Gasteiger partial charge in [0.15, 0.2) is 0 Å². The molecule has 6 nitrogen and oxygen atoms in total. The van der Waals surface area contributed by atoms with Crippen molar-refractivity contribution in [2.45, 2.75) is 12.8 Å². The molecule has 116 valence electrons. The molecule has 1 heterocycles. The summed E-state index contributed by atoms with van der Waals surface area (Å²) in [5.41, 5.74) is 0. The van der Waals surface area contributed by atoms with Crippen molar-refractivity contribution in [3.63, 3.8) is 0 Å². The first-order chi connectivity index (χ1) is 9.27. The van der Waals surface area contributed by atoms with E-state index >= 15 is 0 Å². The molecule has 0 bridgehead atoms. The second-order valence-electron chi connectivity index (χ2n) is 6.25. The van der Waals surface area contributed by atoms with E-state index in [1.165, 1.54) is 23.4 Å². The van der Waals surface area contributed by atoms with Crippen molar-refractivity contribution >= 4 is 15.9 Å². The molecule has 1 amide bonds. The molecule has 7 heteroatoms. The summed E-state index contributed by atoms with van der Waals surface area (Å²) >= 11 is 0. The molecule has 1 saturated heterocycles. The SMILES string of the molecule is CN(C)C(=O)C1CN(CC2CC2)CCN(S(C)(=O)=O)C1. The van der Waals surface area contributed by atoms with Gasteiger partial charge in [0.25, 0.3) is 0 Å². The molecule has 2 fully saturated rings. The number of carbonyl (C=O) groups excluding carboxylic acids is 1. The lowest BCUT2D eigenvalue weighted by atomic mass is 10.1. The smallest absolute Gasteiger partial charge is 0.227 e. The van der Waals surface area contributed by atoms with Crippen molar-refractivity contribution in [2.24, 2.45) is 11.8 Å². The lowest BCUT2D eigenvalue weighted by Gasteiger charge is -2.25. The van der Waals surface area contributed by atoms with Crippen LogP contribution in [0.5, 0.6) is 0 Å². The molecule has 0 aromatic rings. The zero-order chi connectivity index (χ0) is 14.9. The summed E-state index contributed by atoms with van der Waals surface area (Å²) in [5, 5.41) is 0. The van der Waals surface area contributed by atoms with Crippen LogP contribution in [0.2, 0.25) is 0 Å². The maximum absolute atomic E-state index is 12.2. The van der Waals surface area contributed by atoms with E-state index in [2.05, 4.69) is 4.90 Å². The minimum Gasteiger partial charge on any atom is -0.348 e. The van der Waals surface area contributed by atoms with E-state index in [0.29, 0.717) is 19.6 Å². The fraction of sp³-hybridized carbons (Fsp3) is 0.923. The van der Waals surface area contributed by atoms with Crippen LogP contribution >= 0.6 is 0 Å². The van der Waals surface area contributed by atoms with E-state index in [1.54, 1.807) is 19.0 Å². The Morgan fingerprint density at radius 3 is 2.35 bits per heavy atom. The van der Waals surface area contributed by atoms with E-state index in [-0.39, 0.29) is 11.8 Å². The number of hydrogen-bond acceptors (Lipinski definition) is 4. The Labute approximate surface area is 121 Å². The first kappa shape index (κ1) is 15.7. The number of sulfonamides is 1. The van der Waals surface area contributed by atoms with Gasteiger partial charge in [-0.2, -0.15) is 0 Å². The van der Waals surface area contributed by atoms with Gasteiger partial charge in [0, 0.05) is 46.8 Å². The summed E-state index contributed by atoms with van der Waals surface area (Å²) in [4.78, 5) is 16.1. The van der Waals surface area contributed by atoms with E-state index in [0.717, 1.165) is 19.0 Å². The number of rotatable bonds is 4. The van der Waals surface area contributed by atoms with Crippen LogP contribution in [0.25, 0.3) is 0 Å². The predicted molar refractivity (Wildman–Crippen MR) is 77.8 cm³/mol. The van der Waals surface area contributed by atoms with Crippen molar-refractivity contribution in [3.05, 3.63) is 0 Å². The van der Waals surface area contributed by atoms with Crippen LogP contribution in [0.15, 0.2) is 0 Å². The summed E-state index contributed by atoms with van der Waals surface area (Å²) in [6.45, 7) is 3.18. The molecular weight excluding hydrogens is 278 g/mol. The average Bonchev–Trinajstić information content (AvgIpc) is 3.14. The Balaban J connectivity index is 2.10. The van der Waals surface area contributed by atoms with Gasteiger partial charge in [0.1, 0.15) is 0 Å². The van der Waals surface area contributed by atoms with Crippen molar-refractivity contribution < 1.29 is 13.2 Å². The maximum Gasteiger partial charge on any atom is 0.227 e. The minimum absolute atomic E-state index is 0.0151. The standard InChI is InChI=1S/C13H25N3O3S/c1-14(2)13(17)12-9-15(8-11-4-5-11)6-7-16(10-12)20(3,18)19/h11-12H,4-10H2,1-3H3. The van der Waals surface area contributed by atoms with Crippen LogP contribution in [0.3, 0.4) is 0 Å². The summed E-state index contributed by atoms with van der Waals surface area (Å²) < 4.78 is 25.1. The number of carbonyl (C=O) groups is 1. The van der Waals surface area contributed by atoms with Gasteiger partial charge < -0.3 is 9.80 Å². The van der Waals surface area contributed by atoms with E-state index in [4.69, 9.17) is 0 Å². The third-order valence-electron chi connectivity index (χ3n) is 4.04. The predicted octanol–water partition coefficient (Wildman–Crippen LogP) is -0.322. The van der Waals surface area contributed by atoms with Gasteiger partial charge in [-0.25, -0.2) is 12.7 Å². The number of nitrogens with zero attached hydrogens (tertiary/aromatic N) is 3. The van der Waals surface area contributed by atoms with Gasteiger partial charge in [-0.15, -0.1) is 0 Å². The summed E-state index contributed by atoms with van der Waals surface area (Å²) in [6, 6.07) is 0. The Hall–Kier alpha value is -0.660. The molecule has 1 atom stereocenters. The Morgan fingerprint density at radius 2 is 1.85 bits per heavy atom. The Bertz CT molecular complexity index is 459. The van der Waals surface area contributed by atoms with Crippen molar-refractivity contribution in [2.75, 3.05) is 53.1 Å². The molecule has 0 N–H and O–H groups in total. The highest BCUT2D eigenvalue weighted by atomic mass is 32.2. The largest absolute Gasteiger partial charge is 0.348 e. The monoisotopic (exact) mass is 303 g/mol. The lowest BCUT2D eigenvalue weighted by molar-refractivity contribution is -0.133. The maximum atomic E-state index is 12.2. The number of amides is 1. The van der Waals surface area contributed by atoms with Gasteiger partial charge in [-0.3, -0.25) is 4.79 Å². The van der Waals surface area contributed by atoms with Crippen molar-refractivity contribution in [1.29, 1.82) is 0 Å². The summed E-state index contributed by atoms with van der Waals surface area (Å²) in [5.74, 6) is 0.497. The third kappa shape index (κ3) is 4.17. The molecule has 20 heavy (non-hydrogen) atoms. The highest BCUT2D eigenvalue weighted by molar-refractivity contribution is 7.88. The fourth-order valence-corrected chi connectivity index (χ4v) is 3.57. The van der Waals surface area contributed by atoms with E-state index in [1.807, 2.05) is 0 Å². The lowest BCUT2D eigenvalue weighted by Crippen LogP contribution is -2.42. The third-order valence-corrected chi connectivity index (χ3v) is 5.31. The Kier molecular flexibility index (Phi) is 4.71. The molecule has 0 radical (unpaired) electrons. The average molecular weight is 303 g/mol. The van der Waals surface area contributed by atoms with Crippen LogP contribution in [-0.2, 0) is 14.8 Å². The van der Waals surface area contributed by atoms with Crippen LogP contribution in [0, 0.1) is 11.8 Å². The van der Waals surface area contributed by atoms with Crippen LogP contribution in [0.1, 0.15) is 12.8 Å². The quantitative estimate of drug-likeness (QED) is 0.714. The van der Waals surface area contributed by atoms with Gasteiger partial charge in [0.2, 0.25) is 15.9 Å². The molecule has 2 rings (SSSR count). The van der Waals surface area contributed by atoms with Crippen LogP contribution in [-0.4, -0.2) is 81.5 Å². The fourth-order valence-electron chi connectivity index (χ4n) is 2.70. The zero-order valence-electron chi connectivity index (χ0n) is 12.6. The van der Waals surface area contributed by atoms with E-state index < -0.39 is 10.0 Å². The molecule has 0 aromatic carbocycles. The van der Waals surface area contributed by atoms with Gasteiger partial charge in [-0.05, 0) is 18.8 Å². The van der Waals surface area contributed by atoms with Gasteiger partial charge in [0.05, 0.1) is 12.2 Å². The molecule has 1 aliphatic carbocycles. The molecule has 1 saturated carbocycles. The Morgan fingerprint density at radius 1 is 1.20 bits per heavy atom. The van der Waals surface area contributed by atoms with Crippen molar-refractivity contribution in [1.82, 2.24) is 14.1 Å². The topological polar surface area (TPSA) is 60.9 Å². The van der Waals surface area contributed by atoms with Crippen LogP contribution in [0.4, 0.5) is 0 Å². The molecular formula is C13H25N3O3S. The van der Waals surface area contributed by atoms with Crippen LogP contribution < -0.4 is 0 Å². The summed E-state index contributed by atoms with van der Waals surface area (Å²) in [7, 11) is 0.209. The zero-order valence-corrected chi connectivity index (χ0v) is 13.4. The second kappa shape index (κ2) is 5.99. The second-order valence-corrected chi connectivity index (χ2v) is 8.24. The highest BCUT2D eigenvalue weighted by Crippen LogP contribution is 2.30. The number of hydrogen-bond donors (Lipinski definition) is 0. The van der Waals surface area contributed by atoms with E-state index in [9.17, 15) is 13.2 Å². The molecule has 0 aromatic heterocycles. The molecule has 0 spiro atoms. The summed E-state index contributed by atoms with van der Waals surface area (Å²) in [6.07, 6.45) is 3.75. The highest BCUT2D eigenvalue weighted by Gasteiger charge is 2.34. The molecule has 2 aliphatic rings. The molecule has 1 aliphatic heterocycles. The normalized spacial score (nSPS) is 26.2. The van der Waals surface area contributed by atoms with Gasteiger partial charge in [-0.1, -0.05) is 0 Å². The minimum atomic E-state index is -3.24.